The van der Waals surface area contributed by atoms with Crippen LogP contribution in [0, 0.1) is 5.92 Å². The maximum atomic E-state index is 11.4. The van der Waals surface area contributed by atoms with Gasteiger partial charge in [0.15, 0.2) is 0 Å². The van der Waals surface area contributed by atoms with Crippen molar-refractivity contribution >= 4 is 11.7 Å². The van der Waals surface area contributed by atoms with E-state index < -0.39 is 11.6 Å². The maximum absolute atomic E-state index is 11.4. The molecule has 1 aromatic rings. The monoisotopic (exact) mass is 248 g/mol. The van der Waals surface area contributed by atoms with E-state index in [1.807, 2.05) is 6.07 Å². The Kier molecular flexibility index (Phi) is 2.52. The minimum absolute atomic E-state index is 0.303. The SMILES string of the molecule is COC(=O)c1cc(N2CC(O)(C3CC3)C2)ccn1. The summed E-state index contributed by atoms with van der Waals surface area (Å²) in [7, 11) is 1.34. The van der Waals surface area contributed by atoms with Crippen LogP contribution in [0.15, 0.2) is 18.3 Å². The number of rotatable bonds is 3. The van der Waals surface area contributed by atoms with Gasteiger partial charge < -0.3 is 14.7 Å². The fraction of sp³-hybridized carbons (Fsp3) is 0.538. The van der Waals surface area contributed by atoms with Gasteiger partial charge in [-0.2, -0.15) is 0 Å². The molecule has 2 aliphatic rings. The van der Waals surface area contributed by atoms with Crippen molar-refractivity contribution in [2.45, 2.75) is 18.4 Å². The Hall–Kier alpha value is -1.62. The second kappa shape index (κ2) is 3.95. The molecule has 0 radical (unpaired) electrons. The molecule has 18 heavy (non-hydrogen) atoms. The van der Waals surface area contributed by atoms with Crippen LogP contribution in [-0.4, -0.2) is 41.9 Å². The molecular formula is C13H16N2O3. The number of nitrogens with zero attached hydrogens (tertiary/aromatic N) is 2. The van der Waals surface area contributed by atoms with Crippen LogP contribution < -0.4 is 4.90 Å². The fourth-order valence-electron chi connectivity index (χ4n) is 2.51. The lowest BCUT2D eigenvalue weighted by Crippen LogP contribution is -2.63. The highest BCUT2D eigenvalue weighted by atomic mass is 16.5. The zero-order valence-electron chi connectivity index (χ0n) is 10.3. The summed E-state index contributed by atoms with van der Waals surface area (Å²) in [5.74, 6) is 0.0329. The van der Waals surface area contributed by atoms with E-state index in [1.165, 1.54) is 7.11 Å². The molecule has 0 amide bonds. The minimum atomic E-state index is -0.519. The molecule has 5 nitrogen and oxygen atoms in total. The third-order valence-electron chi connectivity index (χ3n) is 3.77. The zero-order valence-corrected chi connectivity index (χ0v) is 10.3. The highest BCUT2D eigenvalue weighted by Crippen LogP contribution is 2.45. The van der Waals surface area contributed by atoms with E-state index in [-0.39, 0.29) is 0 Å². The van der Waals surface area contributed by atoms with Crippen LogP contribution in [0.2, 0.25) is 0 Å². The van der Waals surface area contributed by atoms with Gasteiger partial charge in [0.1, 0.15) is 11.3 Å². The first kappa shape index (κ1) is 11.5. The molecule has 1 saturated carbocycles. The predicted molar refractivity (Wildman–Crippen MR) is 65.5 cm³/mol. The van der Waals surface area contributed by atoms with Crippen molar-refractivity contribution in [1.29, 1.82) is 0 Å². The maximum Gasteiger partial charge on any atom is 0.356 e. The largest absolute Gasteiger partial charge is 0.464 e. The second-order valence-electron chi connectivity index (χ2n) is 5.12. The first-order chi connectivity index (χ1) is 8.62. The van der Waals surface area contributed by atoms with Crippen LogP contribution >= 0.6 is 0 Å². The first-order valence-electron chi connectivity index (χ1n) is 6.14. The van der Waals surface area contributed by atoms with E-state index in [2.05, 4.69) is 14.6 Å². The Labute approximate surface area is 105 Å². The van der Waals surface area contributed by atoms with Crippen LogP contribution in [0.3, 0.4) is 0 Å². The van der Waals surface area contributed by atoms with E-state index in [0.717, 1.165) is 18.5 Å². The predicted octanol–water partition coefficient (Wildman–Crippen LogP) is 0.829. The van der Waals surface area contributed by atoms with Gasteiger partial charge in [-0.15, -0.1) is 0 Å². The Balaban J connectivity index is 1.72. The van der Waals surface area contributed by atoms with Gasteiger partial charge >= 0.3 is 5.97 Å². The number of hydrogen-bond donors (Lipinski definition) is 1. The average Bonchev–Trinajstić information content (AvgIpc) is 3.18. The lowest BCUT2D eigenvalue weighted by atomic mass is 9.88. The number of carbonyl (C=O) groups excluding carboxylic acids is 1. The molecule has 2 heterocycles. The van der Waals surface area contributed by atoms with Crippen LogP contribution in [-0.2, 0) is 4.74 Å². The lowest BCUT2D eigenvalue weighted by molar-refractivity contribution is -0.00931. The first-order valence-corrected chi connectivity index (χ1v) is 6.14. The van der Waals surface area contributed by atoms with Crippen molar-refractivity contribution in [3.05, 3.63) is 24.0 Å². The van der Waals surface area contributed by atoms with Gasteiger partial charge in [-0.25, -0.2) is 9.78 Å². The highest BCUT2D eigenvalue weighted by Gasteiger charge is 2.51. The topological polar surface area (TPSA) is 62.7 Å². The van der Waals surface area contributed by atoms with Crippen molar-refractivity contribution in [2.24, 2.45) is 5.92 Å². The van der Waals surface area contributed by atoms with E-state index in [0.29, 0.717) is 24.7 Å². The summed E-state index contributed by atoms with van der Waals surface area (Å²) >= 11 is 0. The molecule has 1 aliphatic heterocycles. The average molecular weight is 248 g/mol. The Morgan fingerprint density at radius 3 is 2.89 bits per heavy atom. The lowest BCUT2D eigenvalue weighted by Gasteiger charge is -2.48. The number of pyridine rings is 1. The van der Waals surface area contributed by atoms with Crippen molar-refractivity contribution in [3.63, 3.8) is 0 Å². The highest BCUT2D eigenvalue weighted by molar-refractivity contribution is 5.88. The van der Waals surface area contributed by atoms with E-state index >= 15 is 0 Å². The fourth-order valence-corrected chi connectivity index (χ4v) is 2.51. The Morgan fingerprint density at radius 2 is 2.28 bits per heavy atom. The molecule has 0 unspecified atom stereocenters. The van der Waals surface area contributed by atoms with Crippen LogP contribution in [0.25, 0.3) is 0 Å². The molecule has 1 aromatic heterocycles. The second-order valence-corrected chi connectivity index (χ2v) is 5.12. The summed E-state index contributed by atoms with van der Waals surface area (Å²) in [4.78, 5) is 17.4. The number of aromatic nitrogens is 1. The number of anilines is 1. The summed E-state index contributed by atoms with van der Waals surface area (Å²) in [6, 6.07) is 3.55. The quantitative estimate of drug-likeness (QED) is 0.803. The van der Waals surface area contributed by atoms with Crippen molar-refractivity contribution < 1.29 is 14.6 Å². The molecule has 5 heteroatoms. The van der Waals surface area contributed by atoms with Gasteiger partial charge in [0, 0.05) is 25.0 Å². The van der Waals surface area contributed by atoms with Crippen LogP contribution in [0.1, 0.15) is 23.3 Å². The Morgan fingerprint density at radius 1 is 1.56 bits per heavy atom. The van der Waals surface area contributed by atoms with Crippen LogP contribution in [0.4, 0.5) is 5.69 Å². The molecule has 0 bridgehead atoms. The van der Waals surface area contributed by atoms with Gasteiger partial charge in [-0.1, -0.05) is 0 Å². The minimum Gasteiger partial charge on any atom is -0.464 e. The molecule has 0 aromatic carbocycles. The van der Waals surface area contributed by atoms with Crippen LogP contribution in [0.5, 0.6) is 0 Å². The number of esters is 1. The Bertz CT molecular complexity index is 479. The van der Waals surface area contributed by atoms with Crippen molar-refractivity contribution in [3.8, 4) is 0 Å². The number of β-amino-alcohol motifs (C(OH)–C–C–N with tert-alkyl or cyclic N) is 1. The molecule has 3 rings (SSSR count). The normalized spacial score (nSPS) is 21.3. The van der Waals surface area contributed by atoms with Gasteiger partial charge in [-0.05, 0) is 30.9 Å². The number of aliphatic hydroxyl groups is 1. The summed E-state index contributed by atoms with van der Waals surface area (Å²) in [5, 5.41) is 10.3. The molecule has 1 aliphatic carbocycles. The van der Waals surface area contributed by atoms with Gasteiger partial charge in [0.05, 0.1) is 7.11 Å². The van der Waals surface area contributed by atoms with Gasteiger partial charge in [-0.3, -0.25) is 0 Å². The number of ether oxygens (including phenoxy) is 1. The summed E-state index contributed by atoms with van der Waals surface area (Å²) in [6.07, 6.45) is 3.86. The zero-order chi connectivity index (χ0) is 12.8. The third-order valence-corrected chi connectivity index (χ3v) is 3.77. The smallest absolute Gasteiger partial charge is 0.356 e. The standard InChI is InChI=1S/C13H16N2O3/c1-18-12(16)11-6-10(4-5-14-11)15-7-13(17,8-15)9-2-3-9/h4-6,9,17H,2-3,7-8H2,1H3. The molecular weight excluding hydrogens is 232 g/mol. The van der Waals surface area contributed by atoms with Gasteiger partial charge in [0.2, 0.25) is 0 Å². The molecule has 96 valence electrons. The molecule has 0 spiro atoms. The molecule has 1 N–H and O–H groups in total. The van der Waals surface area contributed by atoms with Crippen molar-refractivity contribution in [1.82, 2.24) is 4.98 Å². The summed E-state index contributed by atoms with van der Waals surface area (Å²) in [5.41, 5.74) is 0.696. The van der Waals surface area contributed by atoms with E-state index in [9.17, 15) is 9.90 Å². The molecule has 0 atom stereocenters. The number of hydrogen-bond acceptors (Lipinski definition) is 5. The van der Waals surface area contributed by atoms with E-state index in [4.69, 9.17) is 0 Å². The van der Waals surface area contributed by atoms with E-state index in [1.54, 1.807) is 12.3 Å². The molecule has 1 saturated heterocycles. The van der Waals surface area contributed by atoms with Crippen molar-refractivity contribution in [2.75, 3.05) is 25.1 Å². The summed E-state index contributed by atoms with van der Waals surface area (Å²) in [6.45, 7) is 1.28. The third kappa shape index (κ3) is 1.84. The van der Waals surface area contributed by atoms with Gasteiger partial charge in [0.25, 0.3) is 0 Å². The molecule has 2 fully saturated rings. The number of methoxy groups -OCH3 is 1. The summed E-state index contributed by atoms with van der Waals surface area (Å²) < 4.78 is 4.64. The number of carbonyl (C=O) groups is 1.